The van der Waals surface area contributed by atoms with Crippen LogP contribution in [0.3, 0.4) is 0 Å². The molecule has 1 saturated heterocycles. The molecule has 0 spiro atoms. The van der Waals surface area contributed by atoms with Crippen LogP contribution in [0.25, 0.3) is 0 Å². The van der Waals surface area contributed by atoms with E-state index in [1.165, 1.54) is 6.07 Å². The number of nitrogens with one attached hydrogen (secondary N) is 1. The highest BCUT2D eigenvalue weighted by atomic mass is 79.9. The highest BCUT2D eigenvalue weighted by Crippen LogP contribution is 2.25. The van der Waals surface area contributed by atoms with Crippen LogP contribution in [-0.2, 0) is 0 Å². The second-order valence-electron chi connectivity index (χ2n) is 5.34. The number of piperidine rings is 1. The maximum absolute atomic E-state index is 13.7. The lowest BCUT2D eigenvalue weighted by molar-refractivity contribution is 0.0939. The van der Waals surface area contributed by atoms with Gasteiger partial charge >= 0.3 is 0 Å². The summed E-state index contributed by atoms with van der Waals surface area (Å²) in [6, 6.07) is 4.52. The normalized spacial score (nSPS) is 21.1. The van der Waals surface area contributed by atoms with Gasteiger partial charge in [0.05, 0.1) is 5.56 Å². The third-order valence-electron chi connectivity index (χ3n) is 3.88. The minimum Gasteiger partial charge on any atom is -0.316 e. The zero-order valence-electron chi connectivity index (χ0n) is 11.1. The first kappa shape index (κ1) is 14.7. The van der Waals surface area contributed by atoms with Crippen LogP contribution in [0, 0.1) is 17.7 Å². The van der Waals surface area contributed by atoms with E-state index in [1.807, 2.05) is 0 Å². The Labute approximate surface area is 121 Å². The van der Waals surface area contributed by atoms with Gasteiger partial charge in [-0.05, 0) is 56.0 Å². The number of ketones is 1. The van der Waals surface area contributed by atoms with Crippen molar-refractivity contribution in [2.24, 2.45) is 11.8 Å². The minimum atomic E-state index is -0.429. The number of rotatable bonds is 4. The molecule has 0 bridgehead atoms. The van der Waals surface area contributed by atoms with Crippen molar-refractivity contribution in [2.45, 2.75) is 26.2 Å². The molecule has 1 aromatic carbocycles. The molecular formula is C15H19BrFNO. The van der Waals surface area contributed by atoms with Gasteiger partial charge in [0.15, 0.2) is 5.78 Å². The van der Waals surface area contributed by atoms with E-state index in [9.17, 15) is 9.18 Å². The summed E-state index contributed by atoms with van der Waals surface area (Å²) in [5.41, 5.74) is 0.199. The Balaban J connectivity index is 2.01. The van der Waals surface area contributed by atoms with Gasteiger partial charge in [0.2, 0.25) is 0 Å². The van der Waals surface area contributed by atoms with Gasteiger partial charge in [-0.1, -0.05) is 22.9 Å². The molecule has 2 rings (SSSR count). The van der Waals surface area contributed by atoms with Crippen molar-refractivity contribution in [2.75, 3.05) is 13.1 Å². The van der Waals surface area contributed by atoms with Crippen LogP contribution in [0.2, 0.25) is 0 Å². The van der Waals surface area contributed by atoms with Gasteiger partial charge in [0.1, 0.15) is 5.82 Å². The second-order valence-corrected chi connectivity index (χ2v) is 6.25. The summed E-state index contributed by atoms with van der Waals surface area (Å²) in [5, 5.41) is 3.36. The summed E-state index contributed by atoms with van der Waals surface area (Å²) < 4.78 is 14.4. The Morgan fingerprint density at radius 3 is 3.05 bits per heavy atom. The maximum atomic E-state index is 13.7. The quantitative estimate of drug-likeness (QED) is 0.852. The fourth-order valence-corrected chi connectivity index (χ4v) is 3.01. The van der Waals surface area contributed by atoms with Crippen LogP contribution in [0.1, 0.15) is 36.5 Å². The SMILES string of the molecule is CC(CC(=O)c1cc(Br)ccc1F)C1CCCNC1. The van der Waals surface area contributed by atoms with Crippen molar-refractivity contribution in [1.29, 1.82) is 0 Å². The van der Waals surface area contributed by atoms with Crippen LogP contribution >= 0.6 is 15.9 Å². The second kappa shape index (κ2) is 6.62. The van der Waals surface area contributed by atoms with E-state index in [-0.39, 0.29) is 11.3 Å². The van der Waals surface area contributed by atoms with E-state index in [4.69, 9.17) is 0 Å². The Hall–Kier alpha value is -0.740. The molecule has 1 aliphatic heterocycles. The molecule has 1 aromatic rings. The van der Waals surface area contributed by atoms with E-state index in [0.29, 0.717) is 18.3 Å². The maximum Gasteiger partial charge on any atom is 0.166 e. The van der Waals surface area contributed by atoms with Crippen molar-refractivity contribution in [3.05, 3.63) is 34.1 Å². The van der Waals surface area contributed by atoms with E-state index in [1.54, 1.807) is 12.1 Å². The van der Waals surface area contributed by atoms with Crippen LogP contribution < -0.4 is 5.32 Å². The number of carbonyl (C=O) groups is 1. The fraction of sp³-hybridized carbons (Fsp3) is 0.533. The Morgan fingerprint density at radius 1 is 1.58 bits per heavy atom. The van der Waals surface area contributed by atoms with E-state index in [0.717, 1.165) is 30.4 Å². The predicted octanol–water partition coefficient (Wildman–Crippen LogP) is 3.80. The first-order chi connectivity index (χ1) is 9.08. The molecule has 1 N–H and O–H groups in total. The van der Waals surface area contributed by atoms with Crippen molar-refractivity contribution >= 4 is 21.7 Å². The van der Waals surface area contributed by atoms with Gasteiger partial charge in [-0.2, -0.15) is 0 Å². The number of benzene rings is 1. The molecule has 104 valence electrons. The van der Waals surface area contributed by atoms with Gasteiger partial charge in [0.25, 0.3) is 0 Å². The molecule has 0 aliphatic carbocycles. The summed E-state index contributed by atoms with van der Waals surface area (Å²) in [5.74, 6) is 0.283. The molecule has 1 heterocycles. The fourth-order valence-electron chi connectivity index (χ4n) is 2.64. The number of hydrogen-bond donors (Lipinski definition) is 1. The molecule has 0 saturated carbocycles. The van der Waals surface area contributed by atoms with Gasteiger partial charge in [-0.3, -0.25) is 4.79 Å². The summed E-state index contributed by atoms with van der Waals surface area (Å²) in [7, 11) is 0. The average Bonchev–Trinajstić information content (AvgIpc) is 2.42. The largest absolute Gasteiger partial charge is 0.316 e. The third-order valence-corrected chi connectivity index (χ3v) is 4.37. The molecule has 2 atom stereocenters. The molecule has 1 fully saturated rings. The van der Waals surface area contributed by atoms with Crippen LogP contribution in [0.4, 0.5) is 4.39 Å². The van der Waals surface area contributed by atoms with Gasteiger partial charge in [0, 0.05) is 10.9 Å². The standard InChI is InChI=1S/C15H19BrFNO/c1-10(11-3-2-6-18-9-11)7-15(19)13-8-12(16)4-5-14(13)17/h4-5,8,10-11,18H,2-3,6-7,9H2,1H3. The van der Waals surface area contributed by atoms with Crippen LogP contribution in [0.15, 0.2) is 22.7 Å². The van der Waals surface area contributed by atoms with Crippen molar-refractivity contribution in [3.63, 3.8) is 0 Å². The highest BCUT2D eigenvalue weighted by molar-refractivity contribution is 9.10. The lowest BCUT2D eigenvalue weighted by atomic mass is 9.83. The number of carbonyl (C=O) groups excluding carboxylic acids is 1. The predicted molar refractivity (Wildman–Crippen MR) is 77.8 cm³/mol. The Morgan fingerprint density at radius 2 is 2.37 bits per heavy atom. The topological polar surface area (TPSA) is 29.1 Å². The average molecular weight is 328 g/mol. The number of halogens is 2. The first-order valence-corrected chi connectivity index (χ1v) is 7.56. The van der Waals surface area contributed by atoms with Gasteiger partial charge < -0.3 is 5.32 Å². The molecule has 4 heteroatoms. The van der Waals surface area contributed by atoms with Crippen molar-refractivity contribution < 1.29 is 9.18 Å². The molecule has 0 radical (unpaired) electrons. The molecule has 19 heavy (non-hydrogen) atoms. The summed E-state index contributed by atoms with van der Waals surface area (Å²) in [6.45, 7) is 4.12. The molecule has 1 aliphatic rings. The lowest BCUT2D eigenvalue weighted by Crippen LogP contribution is -2.34. The van der Waals surface area contributed by atoms with Crippen molar-refractivity contribution in [3.8, 4) is 0 Å². The van der Waals surface area contributed by atoms with Crippen LogP contribution in [0.5, 0.6) is 0 Å². The highest BCUT2D eigenvalue weighted by Gasteiger charge is 2.23. The van der Waals surface area contributed by atoms with E-state index >= 15 is 0 Å². The smallest absolute Gasteiger partial charge is 0.166 e. The van der Waals surface area contributed by atoms with E-state index < -0.39 is 5.82 Å². The monoisotopic (exact) mass is 327 g/mol. The van der Waals surface area contributed by atoms with E-state index in [2.05, 4.69) is 28.2 Å². The third kappa shape index (κ3) is 3.86. The van der Waals surface area contributed by atoms with Crippen LogP contribution in [-0.4, -0.2) is 18.9 Å². The first-order valence-electron chi connectivity index (χ1n) is 6.77. The zero-order chi connectivity index (χ0) is 13.8. The molecule has 2 nitrogen and oxygen atoms in total. The molecule has 0 aromatic heterocycles. The number of hydrogen-bond acceptors (Lipinski definition) is 2. The molecular weight excluding hydrogens is 309 g/mol. The molecule has 0 amide bonds. The summed E-state index contributed by atoms with van der Waals surface area (Å²) >= 11 is 3.28. The summed E-state index contributed by atoms with van der Waals surface area (Å²) in [6.07, 6.45) is 2.73. The zero-order valence-corrected chi connectivity index (χ0v) is 12.7. The molecule has 2 unspecified atom stereocenters. The van der Waals surface area contributed by atoms with Gasteiger partial charge in [-0.15, -0.1) is 0 Å². The summed E-state index contributed by atoms with van der Waals surface area (Å²) in [4.78, 5) is 12.2. The number of Topliss-reactive ketones (excluding diaryl/α,β-unsaturated/α-hetero) is 1. The lowest BCUT2D eigenvalue weighted by Gasteiger charge is -2.28. The van der Waals surface area contributed by atoms with Gasteiger partial charge in [-0.25, -0.2) is 4.39 Å². The Bertz CT molecular complexity index is 457. The minimum absolute atomic E-state index is 0.100. The Kier molecular flexibility index (Phi) is 5.11. The van der Waals surface area contributed by atoms with Crippen molar-refractivity contribution in [1.82, 2.24) is 5.32 Å².